The molecule has 0 radical (unpaired) electrons. The maximum absolute atomic E-state index is 6.10. The predicted molar refractivity (Wildman–Crippen MR) is 85.7 cm³/mol. The van der Waals surface area contributed by atoms with Crippen molar-refractivity contribution in [3.63, 3.8) is 0 Å². The highest BCUT2D eigenvalue weighted by Gasteiger charge is 2.46. The lowest BCUT2D eigenvalue weighted by Gasteiger charge is -2.28. The first kappa shape index (κ1) is 18.0. The van der Waals surface area contributed by atoms with Crippen molar-refractivity contribution in [2.24, 2.45) is 23.2 Å². The molecular formula is C18H36O2. The second-order valence-electron chi connectivity index (χ2n) is 7.32. The Morgan fingerprint density at radius 3 is 1.85 bits per heavy atom. The van der Waals surface area contributed by atoms with Gasteiger partial charge in [0.1, 0.15) is 0 Å². The van der Waals surface area contributed by atoms with E-state index in [2.05, 4.69) is 41.5 Å². The molecular weight excluding hydrogens is 248 g/mol. The van der Waals surface area contributed by atoms with Crippen LogP contribution in [0, 0.1) is 23.2 Å². The predicted octanol–water partition coefficient (Wildman–Crippen LogP) is 5.26. The summed E-state index contributed by atoms with van der Waals surface area (Å²) in [4.78, 5) is 0. The van der Waals surface area contributed by atoms with E-state index in [0.29, 0.717) is 17.3 Å². The Labute approximate surface area is 126 Å². The minimum absolute atomic E-state index is 0.00678. The number of ether oxygens (including phenoxy) is 2. The lowest BCUT2D eigenvalue weighted by atomic mass is 9.81. The Hall–Kier alpha value is -0.0800. The molecule has 0 spiro atoms. The molecule has 0 aromatic rings. The summed E-state index contributed by atoms with van der Waals surface area (Å²) in [6.07, 6.45) is 5.86. The fourth-order valence-electron chi connectivity index (χ4n) is 3.39. The number of unbranched alkanes of at least 4 members (excludes halogenated alkanes) is 2. The molecule has 3 atom stereocenters. The summed E-state index contributed by atoms with van der Waals surface area (Å²) in [5.74, 6) is 1.96. The molecule has 3 unspecified atom stereocenters. The second-order valence-corrected chi connectivity index (χ2v) is 7.32. The summed E-state index contributed by atoms with van der Waals surface area (Å²) in [5, 5.41) is 0. The molecule has 1 aliphatic rings. The Bertz CT molecular complexity index is 252. The molecule has 0 bridgehead atoms. The van der Waals surface area contributed by atoms with Crippen molar-refractivity contribution >= 4 is 0 Å². The van der Waals surface area contributed by atoms with Crippen LogP contribution in [0.3, 0.4) is 0 Å². The Morgan fingerprint density at radius 2 is 1.50 bits per heavy atom. The van der Waals surface area contributed by atoms with Gasteiger partial charge in [0.25, 0.3) is 0 Å². The molecule has 2 nitrogen and oxygen atoms in total. The van der Waals surface area contributed by atoms with Crippen molar-refractivity contribution in [3.8, 4) is 0 Å². The first-order valence-corrected chi connectivity index (χ1v) is 8.67. The zero-order chi connectivity index (χ0) is 15.2. The molecule has 1 aliphatic carbocycles. The third-order valence-corrected chi connectivity index (χ3v) is 5.37. The largest absolute Gasteiger partial charge is 0.352 e. The van der Waals surface area contributed by atoms with Gasteiger partial charge in [-0.1, -0.05) is 54.4 Å². The van der Waals surface area contributed by atoms with Crippen LogP contribution >= 0.6 is 0 Å². The van der Waals surface area contributed by atoms with Crippen LogP contribution in [0.5, 0.6) is 0 Å². The summed E-state index contributed by atoms with van der Waals surface area (Å²) >= 11 is 0. The van der Waals surface area contributed by atoms with Crippen LogP contribution in [0.15, 0.2) is 0 Å². The molecule has 0 aliphatic heterocycles. The highest BCUT2D eigenvalue weighted by atomic mass is 16.7. The molecule has 0 aromatic carbocycles. The van der Waals surface area contributed by atoms with Gasteiger partial charge < -0.3 is 9.47 Å². The van der Waals surface area contributed by atoms with Gasteiger partial charge in [0.15, 0.2) is 6.29 Å². The average Bonchev–Trinajstić information content (AvgIpc) is 2.61. The molecule has 1 rings (SSSR count). The van der Waals surface area contributed by atoms with E-state index in [1.807, 2.05) is 0 Å². The minimum Gasteiger partial charge on any atom is -0.352 e. The second kappa shape index (κ2) is 8.38. The molecule has 0 saturated heterocycles. The molecule has 0 aromatic heterocycles. The van der Waals surface area contributed by atoms with Crippen molar-refractivity contribution in [3.05, 3.63) is 0 Å². The highest BCUT2D eigenvalue weighted by molar-refractivity contribution is 4.93. The summed E-state index contributed by atoms with van der Waals surface area (Å²) < 4.78 is 12.2. The van der Waals surface area contributed by atoms with E-state index in [4.69, 9.17) is 9.47 Å². The van der Waals surface area contributed by atoms with E-state index in [1.54, 1.807) is 0 Å². The summed E-state index contributed by atoms with van der Waals surface area (Å²) in [6.45, 7) is 15.6. The molecule has 0 N–H and O–H groups in total. The topological polar surface area (TPSA) is 18.5 Å². The van der Waals surface area contributed by atoms with Crippen molar-refractivity contribution in [2.75, 3.05) is 13.2 Å². The molecule has 1 fully saturated rings. The van der Waals surface area contributed by atoms with Crippen molar-refractivity contribution < 1.29 is 9.47 Å². The molecule has 2 heteroatoms. The van der Waals surface area contributed by atoms with E-state index in [0.717, 1.165) is 32.0 Å². The first-order valence-electron chi connectivity index (χ1n) is 8.67. The van der Waals surface area contributed by atoms with E-state index in [-0.39, 0.29) is 6.29 Å². The van der Waals surface area contributed by atoms with Crippen LogP contribution in [0.2, 0.25) is 0 Å². The SMILES string of the molecule is CCCCOC(OCCCC)C1CC(C)(C)C(C)C1C. The van der Waals surface area contributed by atoms with Crippen molar-refractivity contribution in [1.82, 2.24) is 0 Å². The van der Waals surface area contributed by atoms with Gasteiger partial charge in [-0.3, -0.25) is 0 Å². The van der Waals surface area contributed by atoms with E-state index >= 15 is 0 Å². The Kier molecular flexibility index (Phi) is 7.53. The van der Waals surface area contributed by atoms with Crippen LogP contribution in [-0.4, -0.2) is 19.5 Å². The van der Waals surface area contributed by atoms with Crippen LogP contribution in [0.1, 0.15) is 73.6 Å². The lowest BCUT2D eigenvalue weighted by molar-refractivity contribution is -0.180. The normalized spacial score (nSPS) is 29.2. The maximum atomic E-state index is 6.10. The van der Waals surface area contributed by atoms with Crippen molar-refractivity contribution in [2.45, 2.75) is 79.9 Å². The fraction of sp³-hybridized carbons (Fsp3) is 1.00. The molecule has 0 heterocycles. The van der Waals surface area contributed by atoms with Crippen molar-refractivity contribution in [1.29, 1.82) is 0 Å². The van der Waals surface area contributed by atoms with Gasteiger partial charge in [-0.2, -0.15) is 0 Å². The smallest absolute Gasteiger partial charge is 0.160 e. The van der Waals surface area contributed by atoms with Crippen LogP contribution < -0.4 is 0 Å². The van der Waals surface area contributed by atoms with Gasteiger partial charge in [0.2, 0.25) is 0 Å². The third kappa shape index (κ3) is 4.73. The van der Waals surface area contributed by atoms with E-state index in [1.165, 1.54) is 19.3 Å². The quantitative estimate of drug-likeness (QED) is 0.424. The Balaban J connectivity index is 2.61. The number of hydrogen-bond acceptors (Lipinski definition) is 2. The van der Waals surface area contributed by atoms with Gasteiger partial charge in [0.05, 0.1) is 0 Å². The van der Waals surface area contributed by atoms with Gasteiger partial charge in [-0.25, -0.2) is 0 Å². The van der Waals surface area contributed by atoms with Crippen LogP contribution in [0.25, 0.3) is 0 Å². The summed E-state index contributed by atoms with van der Waals surface area (Å²) in [6, 6.07) is 0. The van der Waals surface area contributed by atoms with Crippen LogP contribution in [-0.2, 0) is 9.47 Å². The van der Waals surface area contributed by atoms with Gasteiger partial charge in [0, 0.05) is 19.1 Å². The summed E-state index contributed by atoms with van der Waals surface area (Å²) in [7, 11) is 0. The molecule has 20 heavy (non-hydrogen) atoms. The molecule has 1 saturated carbocycles. The molecule has 0 amide bonds. The highest BCUT2D eigenvalue weighted by Crippen LogP contribution is 2.51. The van der Waals surface area contributed by atoms with Gasteiger partial charge in [-0.15, -0.1) is 0 Å². The van der Waals surface area contributed by atoms with E-state index < -0.39 is 0 Å². The standard InChI is InChI=1S/C18H36O2/c1-7-9-11-19-17(20-12-10-8-2)16-13-18(5,6)15(4)14(16)3/h14-17H,7-13H2,1-6H3. The Morgan fingerprint density at radius 1 is 1.00 bits per heavy atom. The minimum atomic E-state index is 0.00678. The maximum Gasteiger partial charge on any atom is 0.160 e. The monoisotopic (exact) mass is 284 g/mol. The zero-order valence-corrected chi connectivity index (χ0v) is 14.6. The van der Waals surface area contributed by atoms with Gasteiger partial charge in [-0.05, 0) is 36.5 Å². The molecule has 120 valence electrons. The zero-order valence-electron chi connectivity index (χ0n) is 14.6. The number of rotatable bonds is 9. The average molecular weight is 284 g/mol. The lowest BCUT2D eigenvalue weighted by Crippen LogP contribution is -2.30. The fourth-order valence-corrected chi connectivity index (χ4v) is 3.39. The third-order valence-electron chi connectivity index (χ3n) is 5.37. The summed E-state index contributed by atoms with van der Waals surface area (Å²) in [5.41, 5.74) is 0.407. The number of hydrogen-bond donors (Lipinski definition) is 0. The van der Waals surface area contributed by atoms with Crippen LogP contribution in [0.4, 0.5) is 0 Å². The van der Waals surface area contributed by atoms with E-state index in [9.17, 15) is 0 Å². The van der Waals surface area contributed by atoms with Gasteiger partial charge >= 0.3 is 0 Å². The first-order chi connectivity index (χ1) is 9.44.